The zero-order chi connectivity index (χ0) is 16.2. The minimum atomic E-state index is -3.52. The maximum absolute atomic E-state index is 12.1. The minimum absolute atomic E-state index is 0. The lowest BCUT2D eigenvalue weighted by molar-refractivity contribution is -0.119. The molecule has 130 valence electrons. The number of carbonyl (C=O) groups excluding carboxylic acids is 1. The van der Waals surface area contributed by atoms with Crippen molar-refractivity contribution in [3.63, 3.8) is 0 Å². The van der Waals surface area contributed by atoms with Crippen molar-refractivity contribution in [2.75, 3.05) is 39.1 Å². The van der Waals surface area contributed by atoms with Gasteiger partial charge in [0.1, 0.15) is 0 Å². The Balaban J connectivity index is 0.00000264. The van der Waals surface area contributed by atoms with Crippen molar-refractivity contribution in [3.05, 3.63) is 24.3 Å². The Morgan fingerprint density at radius 1 is 1.43 bits per heavy atom. The van der Waals surface area contributed by atoms with E-state index in [-0.39, 0.29) is 35.7 Å². The molecule has 1 unspecified atom stereocenters. The lowest BCUT2D eigenvalue weighted by Crippen LogP contribution is -2.40. The number of nitrogens with zero attached hydrogens (tertiary/aromatic N) is 1. The topological polar surface area (TPSA) is 87.7 Å². The number of anilines is 1. The average Bonchev–Trinajstić information content (AvgIpc) is 2.48. The minimum Gasteiger partial charge on any atom is -0.375 e. The number of amides is 1. The van der Waals surface area contributed by atoms with Gasteiger partial charge in [-0.05, 0) is 18.2 Å². The highest BCUT2D eigenvalue weighted by atomic mass is 35.5. The van der Waals surface area contributed by atoms with E-state index in [2.05, 4.69) is 10.6 Å². The fraction of sp³-hybridized carbons (Fsp3) is 0.500. The Labute approximate surface area is 142 Å². The van der Waals surface area contributed by atoms with E-state index in [4.69, 9.17) is 4.74 Å². The summed E-state index contributed by atoms with van der Waals surface area (Å²) in [4.78, 5) is 12.1. The molecule has 1 aromatic rings. The number of morpholine rings is 1. The van der Waals surface area contributed by atoms with Gasteiger partial charge in [-0.2, -0.15) is 0 Å². The molecule has 9 heteroatoms. The van der Waals surface area contributed by atoms with Crippen LogP contribution in [0.25, 0.3) is 0 Å². The third kappa shape index (κ3) is 5.43. The number of halogens is 1. The molecule has 7 nitrogen and oxygen atoms in total. The zero-order valence-electron chi connectivity index (χ0n) is 13.1. The number of nitrogens with one attached hydrogen (secondary N) is 2. The summed E-state index contributed by atoms with van der Waals surface area (Å²) in [5.74, 6) is -0.201. The van der Waals surface area contributed by atoms with Gasteiger partial charge in [-0.25, -0.2) is 12.7 Å². The Hall–Kier alpha value is -1.19. The van der Waals surface area contributed by atoms with Gasteiger partial charge in [0, 0.05) is 32.9 Å². The van der Waals surface area contributed by atoms with E-state index in [1.807, 2.05) is 0 Å². The molecule has 0 bridgehead atoms. The molecular formula is C14H22ClN3O4S. The van der Waals surface area contributed by atoms with Crippen LogP contribution in [0, 0.1) is 0 Å². The van der Waals surface area contributed by atoms with Crippen LogP contribution < -0.4 is 10.6 Å². The highest BCUT2D eigenvalue weighted by molar-refractivity contribution is 7.89. The molecule has 1 heterocycles. The Bertz CT molecular complexity index is 631. The van der Waals surface area contributed by atoms with Crippen molar-refractivity contribution in [2.45, 2.75) is 17.4 Å². The highest BCUT2D eigenvalue weighted by Crippen LogP contribution is 2.18. The molecule has 0 spiro atoms. The number of carbonyl (C=O) groups is 1. The van der Waals surface area contributed by atoms with Crippen LogP contribution >= 0.6 is 12.4 Å². The van der Waals surface area contributed by atoms with Gasteiger partial charge in [-0.1, -0.05) is 6.07 Å². The third-order valence-electron chi connectivity index (χ3n) is 3.31. The van der Waals surface area contributed by atoms with E-state index in [1.165, 1.54) is 26.2 Å². The zero-order valence-corrected chi connectivity index (χ0v) is 14.7. The first kappa shape index (κ1) is 19.9. The molecule has 0 radical (unpaired) electrons. The number of sulfonamides is 1. The fourth-order valence-electron chi connectivity index (χ4n) is 2.11. The molecule has 2 rings (SSSR count). The number of benzene rings is 1. The monoisotopic (exact) mass is 363 g/mol. The average molecular weight is 364 g/mol. The quantitative estimate of drug-likeness (QED) is 0.803. The van der Waals surface area contributed by atoms with Gasteiger partial charge < -0.3 is 15.4 Å². The maximum atomic E-state index is 12.1. The molecule has 0 aromatic heterocycles. The molecule has 2 N–H and O–H groups in total. The molecule has 1 aliphatic rings. The van der Waals surface area contributed by atoms with Crippen LogP contribution in [0.15, 0.2) is 29.2 Å². The summed E-state index contributed by atoms with van der Waals surface area (Å²) in [7, 11) is -0.583. The molecule has 1 amide bonds. The molecule has 1 fully saturated rings. The lowest BCUT2D eigenvalue weighted by Gasteiger charge is -2.23. The van der Waals surface area contributed by atoms with Crippen LogP contribution in [0.3, 0.4) is 0 Å². The lowest BCUT2D eigenvalue weighted by atomic mass is 10.2. The smallest absolute Gasteiger partial charge is 0.242 e. The van der Waals surface area contributed by atoms with E-state index in [1.54, 1.807) is 12.1 Å². The normalized spacial score (nSPS) is 18.3. The van der Waals surface area contributed by atoms with Gasteiger partial charge in [0.15, 0.2) is 0 Å². The van der Waals surface area contributed by atoms with Crippen molar-refractivity contribution >= 4 is 34.0 Å². The standard InChI is InChI=1S/C14H21N3O4S.ClH/c1-17(2)22(19,20)13-5-3-4-11(8-13)16-14(18)9-12-10-15-6-7-21-12;/h3-5,8,12,15H,6-7,9-10H2,1-2H3,(H,16,18);1H. The summed E-state index contributed by atoms with van der Waals surface area (Å²) in [5, 5.41) is 5.87. The number of hydrogen-bond acceptors (Lipinski definition) is 5. The Morgan fingerprint density at radius 3 is 2.78 bits per heavy atom. The largest absolute Gasteiger partial charge is 0.375 e. The van der Waals surface area contributed by atoms with Crippen molar-refractivity contribution in [3.8, 4) is 0 Å². The first-order chi connectivity index (χ1) is 10.4. The summed E-state index contributed by atoms with van der Waals surface area (Å²) in [6, 6.07) is 6.21. The Morgan fingerprint density at radius 2 is 2.17 bits per heavy atom. The van der Waals surface area contributed by atoms with Gasteiger partial charge in [0.25, 0.3) is 0 Å². The van der Waals surface area contributed by atoms with Crippen LogP contribution in [-0.4, -0.2) is 58.5 Å². The first-order valence-electron chi connectivity index (χ1n) is 7.04. The van der Waals surface area contributed by atoms with E-state index >= 15 is 0 Å². The summed E-state index contributed by atoms with van der Waals surface area (Å²) in [5.41, 5.74) is 0.455. The van der Waals surface area contributed by atoms with Gasteiger partial charge in [0.05, 0.1) is 24.0 Å². The predicted octanol–water partition coefficient (Wildman–Crippen LogP) is 0.676. The summed E-state index contributed by atoms with van der Waals surface area (Å²) in [6.45, 7) is 2.03. The number of hydrogen-bond donors (Lipinski definition) is 2. The van der Waals surface area contributed by atoms with Crippen molar-refractivity contribution in [2.24, 2.45) is 0 Å². The van der Waals surface area contributed by atoms with Crippen LogP contribution in [-0.2, 0) is 19.6 Å². The number of rotatable bonds is 5. The molecule has 23 heavy (non-hydrogen) atoms. The van der Waals surface area contributed by atoms with Gasteiger partial charge in [-0.3, -0.25) is 4.79 Å². The van der Waals surface area contributed by atoms with Crippen molar-refractivity contribution in [1.82, 2.24) is 9.62 Å². The molecule has 1 aromatic carbocycles. The molecule has 1 saturated heterocycles. The molecule has 0 saturated carbocycles. The molecule has 0 aliphatic carbocycles. The maximum Gasteiger partial charge on any atom is 0.242 e. The van der Waals surface area contributed by atoms with Gasteiger partial charge in [0.2, 0.25) is 15.9 Å². The summed E-state index contributed by atoms with van der Waals surface area (Å²) < 4.78 is 30.7. The van der Waals surface area contributed by atoms with E-state index in [0.29, 0.717) is 18.8 Å². The van der Waals surface area contributed by atoms with Crippen LogP contribution in [0.4, 0.5) is 5.69 Å². The second-order valence-electron chi connectivity index (χ2n) is 5.26. The van der Waals surface area contributed by atoms with Crippen LogP contribution in [0.1, 0.15) is 6.42 Å². The van der Waals surface area contributed by atoms with Crippen LogP contribution in [0.5, 0.6) is 0 Å². The fourth-order valence-corrected chi connectivity index (χ4v) is 3.06. The third-order valence-corrected chi connectivity index (χ3v) is 5.12. The molecule has 1 atom stereocenters. The molecular weight excluding hydrogens is 342 g/mol. The van der Waals surface area contributed by atoms with Gasteiger partial charge >= 0.3 is 0 Å². The second kappa shape index (κ2) is 8.60. The van der Waals surface area contributed by atoms with E-state index < -0.39 is 10.0 Å². The second-order valence-corrected chi connectivity index (χ2v) is 7.42. The first-order valence-corrected chi connectivity index (χ1v) is 8.48. The number of ether oxygens (including phenoxy) is 1. The highest BCUT2D eigenvalue weighted by Gasteiger charge is 2.19. The predicted molar refractivity (Wildman–Crippen MR) is 90.4 cm³/mol. The SMILES string of the molecule is CN(C)S(=O)(=O)c1cccc(NC(=O)CC2CNCCO2)c1.Cl. The van der Waals surface area contributed by atoms with Crippen molar-refractivity contribution < 1.29 is 17.9 Å². The summed E-state index contributed by atoms with van der Waals surface area (Å²) >= 11 is 0. The van der Waals surface area contributed by atoms with E-state index in [9.17, 15) is 13.2 Å². The van der Waals surface area contributed by atoms with Gasteiger partial charge in [-0.15, -0.1) is 12.4 Å². The van der Waals surface area contributed by atoms with E-state index in [0.717, 1.165) is 10.8 Å². The van der Waals surface area contributed by atoms with Crippen molar-refractivity contribution in [1.29, 1.82) is 0 Å². The van der Waals surface area contributed by atoms with Crippen LogP contribution in [0.2, 0.25) is 0 Å². The molecule has 1 aliphatic heterocycles. The Kier molecular flexibility index (Phi) is 7.43. The summed E-state index contributed by atoms with van der Waals surface area (Å²) in [6.07, 6.45) is 0.0833.